The highest BCUT2D eigenvalue weighted by atomic mass is 32.1. The monoisotopic (exact) mass is 284 g/mol. The van der Waals surface area contributed by atoms with Crippen LogP contribution < -0.4 is 5.32 Å². The van der Waals surface area contributed by atoms with Crippen molar-refractivity contribution in [1.29, 1.82) is 0 Å². The quantitative estimate of drug-likeness (QED) is 0.730. The van der Waals surface area contributed by atoms with E-state index in [0.717, 1.165) is 26.1 Å². The molecule has 0 bridgehead atoms. The molecule has 1 aromatic heterocycles. The molecule has 0 fully saturated rings. The van der Waals surface area contributed by atoms with E-state index in [9.17, 15) is 5.11 Å². The zero-order valence-corrected chi connectivity index (χ0v) is 13.5. The van der Waals surface area contributed by atoms with Crippen molar-refractivity contribution in [3.63, 3.8) is 0 Å². The molecule has 0 saturated heterocycles. The van der Waals surface area contributed by atoms with Crippen molar-refractivity contribution in [2.24, 2.45) is 0 Å². The average Bonchev–Trinajstić information content (AvgIpc) is 2.79. The lowest BCUT2D eigenvalue weighted by molar-refractivity contribution is 0.114. The second kappa shape index (κ2) is 8.69. The SMILES string of the molecule is CCN(CC)CC(O)CNC(C)Cc1ccc(C)s1. The van der Waals surface area contributed by atoms with Crippen molar-refractivity contribution in [2.75, 3.05) is 26.2 Å². The minimum Gasteiger partial charge on any atom is -0.390 e. The van der Waals surface area contributed by atoms with Gasteiger partial charge in [-0.05, 0) is 45.5 Å². The van der Waals surface area contributed by atoms with E-state index in [4.69, 9.17) is 0 Å². The van der Waals surface area contributed by atoms with Crippen LogP contribution in [0.2, 0.25) is 0 Å². The molecule has 0 amide bonds. The number of thiophene rings is 1. The first-order valence-corrected chi connectivity index (χ1v) is 8.05. The van der Waals surface area contributed by atoms with Gasteiger partial charge < -0.3 is 15.3 Å². The van der Waals surface area contributed by atoms with Gasteiger partial charge in [0.1, 0.15) is 0 Å². The van der Waals surface area contributed by atoms with Crippen LogP contribution in [-0.2, 0) is 6.42 Å². The molecule has 1 heterocycles. The minimum atomic E-state index is -0.285. The molecule has 4 heteroatoms. The maximum absolute atomic E-state index is 10.00. The van der Waals surface area contributed by atoms with Gasteiger partial charge in [0.2, 0.25) is 0 Å². The fourth-order valence-corrected chi connectivity index (χ4v) is 3.17. The second-order valence-electron chi connectivity index (χ2n) is 5.17. The van der Waals surface area contributed by atoms with Crippen LogP contribution in [0.3, 0.4) is 0 Å². The topological polar surface area (TPSA) is 35.5 Å². The molecule has 0 saturated carbocycles. The Morgan fingerprint density at radius 1 is 1.32 bits per heavy atom. The Morgan fingerprint density at radius 2 is 2.00 bits per heavy atom. The van der Waals surface area contributed by atoms with Crippen molar-refractivity contribution in [3.05, 3.63) is 21.9 Å². The summed E-state index contributed by atoms with van der Waals surface area (Å²) in [6.07, 6.45) is 0.753. The van der Waals surface area contributed by atoms with Gasteiger partial charge in [0.05, 0.1) is 6.10 Å². The van der Waals surface area contributed by atoms with Gasteiger partial charge in [-0.25, -0.2) is 0 Å². The van der Waals surface area contributed by atoms with Crippen LogP contribution in [0.15, 0.2) is 12.1 Å². The van der Waals surface area contributed by atoms with Crippen LogP contribution in [0.4, 0.5) is 0 Å². The van der Waals surface area contributed by atoms with Crippen molar-refractivity contribution in [3.8, 4) is 0 Å². The number of hydrogen-bond donors (Lipinski definition) is 2. The number of nitrogens with one attached hydrogen (secondary N) is 1. The van der Waals surface area contributed by atoms with E-state index in [2.05, 4.69) is 50.0 Å². The summed E-state index contributed by atoms with van der Waals surface area (Å²) in [4.78, 5) is 5.03. The summed E-state index contributed by atoms with van der Waals surface area (Å²) in [5.41, 5.74) is 0. The van der Waals surface area contributed by atoms with Crippen LogP contribution in [0.1, 0.15) is 30.5 Å². The smallest absolute Gasteiger partial charge is 0.0791 e. The number of nitrogens with zero attached hydrogens (tertiary/aromatic N) is 1. The highest BCUT2D eigenvalue weighted by Crippen LogP contribution is 2.16. The Bertz CT molecular complexity index is 350. The number of aryl methyl sites for hydroxylation is 1. The predicted molar refractivity (Wildman–Crippen MR) is 84.0 cm³/mol. The number of aliphatic hydroxyl groups excluding tert-OH is 1. The standard InChI is InChI=1S/C15H28N2OS/c1-5-17(6-2)11-14(18)10-16-12(3)9-15-8-7-13(4)19-15/h7-8,12,14,16,18H,5-6,9-11H2,1-4H3. The zero-order chi connectivity index (χ0) is 14.3. The van der Waals surface area contributed by atoms with E-state index in [-0.39, 0.29) is 6.10 Å². The molecule has 1 aromatic rings. The highest BCUT2D eigenvalue weighted by Gasteiger charge is 2.11. The van der Waals surface area contributed by atoms with Gasteiger partial charge >= 0.3 is 0 Å². The minimum absolute atomic E-state index is 0.285. The second-order valence-corrected chi connectivity index (χ2v) is 6.54. The van der Waals surface area contributed by atoms with E-state index < -0.39 is 0 Å². The molecule has 1 rings (SSSR count). The molecule has 3 nitrogen and oxygen atoms in total. The number of aliphatic hydroxyl groups is 1. The molecule has 2 N–H and O–H groups in total. The maximum atomic E-state index is 10.00. The lowest BCUT2D eigenvalue weighted by Gasteiger charge is -2.23. The van der Waals surface area contributed by atoms with Crippen LogP contribution in [0.5, 0.6) is 0 Å². The van der Waals surface area contributed by atoms with Crippen molar-refractivity contribution in [1.82, 2.24) is 10.2 Å². The van der Waals surface area contributed by atoms with E-state index in [0.29, 0.717) is 12.6 Å². The van der Waals surface area contributed by atoms with Gasteiger partial charge in [-0.2, -0.15) is 0 Å². The molecule has 0 aliphatic carbocycles. The number of hydrogen-bond acceptors (Lipinski definition) is 4. The summed E-state index contributed by atoms with van der Waals surface area (Å²) in [5, 5.41) is 13.4. The van der Waals surface area contributed by atoms with Crippen LogP contribution in [0, 0.1) is 6.92 Å². The van der Waals surface area contributed by atoms with E-state index in [1.165, 1.54) is 9.75 Å². The predicted octanol–water partition coefficient (Wildman–Crippen LogP) is 2.28. The first-order valence-electron chi connectivity index (χ1n) is 7.24. The fourth-order valence-electron chi connectivity index (χ4n) is 2.15. The third-order valence-corrected chi connectivity index (χ3v) is 4.39. The van der Waals surface area contributed by atoms with Gasteiger partial charge in [-0.1, -0.05) is 13.8 Å². The molecule has 2 atom stereocenters. The summed E-state index contributed by atoms with van der Waals surface area (Å²) in [6.45, 7) is 12.0. The Kier molecular flexibility index (Phi) is 7.61. The molecule has 0 aromatic carbocycles. The lowest BCUT2D eigenvalue weighted by Crippen LogP contribution is -2.41. The zero-order valence-electron chi connectivity index (χ0n) is 12.6. The van der Waals surface area contributed by atoms with Crippen LogP contribution in [-0.4, -0.2) is 48.3 Å². The average molecular weight is 284 g/mol. The van der Waals surface area contributed by atoms with Gasteiger partial charge in [-0.3, -0.25) is 0 Å². The normalized spacial score (nSPS) is 14.8. The van der Waals surface area contributed by atoms with Gasteiger partial charge in [-0.15, -0.1) is 11.3 Å². The van der Waals surface area contributed by atoms with Crippen LogP contribution in [0.25, 0.3) is 0 Å². The maximum Gasteiger partial charge on any atom is 0.0791 e. The number of rotatable bonds is 9. The molecule has 19 heavy (non-hydrogen) atoms. The first-order chi connectivity index (χ1) is 9.05. The van der Waals surface area contributed by atoms with Gasteiger partial charge in [0.15, 0.2) is 0 Å². The van der Waals surface area contributed by atoms with Crippen molar-refractivity contribution in [2.45, 2.75) is 46.3 Å². The van der Waals surface area contributed by atoms with Crippen molar-refractivity contribution >= 4 is 11.3 Å². The molecular weight excluding hydrogens is 256 g/mol. The third kappa shape index (κ3) is 6.52. The summed E-state index contributed by atoms with van der Waals surface area (Å²) >= 11 is 1.86. The van der Waals surface area contributed by atoms with E-state index in [1.54, 1.807) is 0 Å². The largest absolute Gasteiger partial charge is 0.390 e. The third-order valence-electron chi connectivity index (χ3n) is 3.37. The van der Waals surface area contributed by atoms with Crippen LogP contribution >= 0.6 is 11.3 Å². The lowest BCUT2D eigenvalue weighted by atomic mass is 10.2. The molecule has 0 aliphatic heterocycles. The molecule has 2 unspecified atom stereocenters. The highest BCUT2D eigenvalue weighted by molar-refractivity contribution is 7.11. The summed E-state index contributed by atoms with van der Waals surface area (Å²) in [7, 11) is 0. The molecule has 0 spiro atoms. The molecular formula is C15H28N2OS. The Hall–Kier alpha value is -0.420. The first kappa shape index (κ1) is 16.6. The summed E-state index contributed by atoms with van der Waals surface area (Å²) in [5.74, 6) is 0. The van der Waals surface area contributed by atoms with Crippen molar-refractivity contribution < 1.29 is 5.11 Å². The van der Waals surface area contributed by atoms with E-state index in [1.807, 2.05) is 11.3 Å². The van der Waals surface area contributed by atoms with Gasteiger partial charge in [0, 0.05) is 28.9 Å². The Labute approximate surface area is 121 Å². The number of likely N-dealkylation sites (N-methyl/N-ethyl adjacent to an activating group) is 1. The molecule has 0 aliphatic rings. The molecule has 0 radical (unpaired) electrons. The summed E-state index contributed by atoms with van der Waals surface area (Å²) in [6, 6.07) is 4.77. The molecule has 110 valence electrons. The Morgan fingerprint density at radius 3 is 2.53 bits per heavy atom. The van der Waals surface area contributed by atoms with E-state index >= 15 is 0 Å². The Balaban J connectivity index is 2.23. The summed E-state index contributed by atoms with van der Waals surface area (Å²) < 4.78 is 0. The fraction of sp³-hybridized carbons (Fsp3) is 0.733. The van der Waals surface area contributed by atoms with Gasteiger partial charge in [0.25, 0.3) is 0 Å².